The van der Waals surface area contributed by atoms with Crippen LogP contribution in [0.25, 0.3) is 0 Å². The number of piperidine rings is 1. The Morgan fingerprint density at radius 3 is 2.65 bits per heavy atom. The molecule has 0 aliphatic carbocycles. The highest BCUT2D eigenvalue weighted by Crippen LogP contribution is 2.20. The highest BCUT2D eigenvalue weighted by Gasteiger charge is 2.27. The lowest BCUT2D eigenvalue weighted by molar-refractivity contribution is -0.149. The first-order valence-corrected chi connectivity index (χ1v) is 9.06. The first kappa shape index (κ1) is 23.0. The molecular weight excluding hydrogens is 472 g/mol. The van der Waals surface area contributed by atoms with E-state index in [1.54, 1.807) is 12.1 Å². The van der Waals surface area contributed by atoms with E-state index in [1.165, 1.54) is 6.07 Å². The van der Waals surface area contributed by atoms with Crippen LogP contribution in [-0.2, 0) is 16.1 Å². The van der Waals surface area contributed by atoms with Gasteiger partial charge in [0.2, 0.25) is 0 Å². The normalized spacial score (nSPS) is 15.4. The van der Waals surface area contributed by atoms with E-state index in [-0.39, 0.29) is 40.9 Å². The first-order chi connectivity index (χ1) is 12.0. The zero-order chi connectivity index (χ0) is 18.2. The predicted molar refractivity (Wildman–Crippen MR) is 113 cm³/mol. The number of aliphatic imine (C=N–C) groups is 1. The molecule has 1 N–H and O–H groups in total. The van der Waals surface area contributed by atoms with Gasteiger partial charge >= 0.3 is 5.97 Å². The monoisotopic (exact) mass is 497 g/mol. The number of likely N-dealkylation sites (tertiary alicyclic amines) is 1. The summed E-state index contributed by atoms with van der Waals surface area (Å²) in [7, 11) is 0. The molecule has 0 saturated carbocycles. The van der Waals surface area contributed by atoms with Gasteiger partial charge in [-0.1, -0.05) is 17.7 Å². The smallest absolute Gasteiger partial charge is 0.309 e. The van der Waals surface area contributed by atoms with E-state index >= 15 is 0 Å². The van der Waals surface area contributed by atoms with Gasteiger partial charge in [-0.05, 0) is 44.4 Å². The average molecular weight is 498 g/mol. The van der Waals surface area contributed by atoms with Crippen molar-refractivity contribution in [2.24, 2.45) is 10.9 Å². The van der Waals surface area contributed by atoms with Gasteiger partial charge in [0.05, 0.1) is 24.1 Å². The Kier molecular flexibility index (Phi) is 10.2. The van der Waals surface area contributed by atoms with Crippen molar-refractivity contribution in [1.82, 2.24) is 10.2 Å². The first-order valence-electron chi connectivity index (χ1n) is 8.69. The molecule has 1 aliphatic heterocycles. The number of carbonyl (C=O) groups is 1. The maximum Gasteiger partial charge on any atom is 0.309 e. The fourth-order valence-electron chi connectivity index (χ4n) is 2.82. The van der Waals surface area contributed by atoms with Gasteiger partial charge in [-0.15, -0.1) is 24.0 Å². The zero-order valence-corrected chi connectivity index (χ0v) is 18.2. The van der Waals surface area contributed by atoms with Crippen molar-refractivity contribution >= 4 is 47.5 Å². The summed E-state index contributed by atoms with van der Waals surface area (Å²) < 4.78 is 18.3. The van der Waals surface area contributed by atoms with Gasteiger partial charge in [-0.2, -0.15) is 0 Å². The maximum atomic E-state index is 13.2. The molecule has 8 heteroatoms. The molecule has 1 aromatic carbocycles. The molecule has 146 valence electrons. The summed E-state index contributed by atoms with van der Waals surface area (Å²) in [6, 6.07) is 4.63. The zero-order valence-electron chi connectivity index (χ0n) is 15.1. The molecular formula is C18H26ClFIN3O2. The van der Waals surface area contributed by atoms with Crippen LogP contribution in [0.2, 0.25) is 5.02 Å². The molecule has 1 fully saturated rings. The van der Waals surface area contributed by atoms with Crippen LogP contribution in [0.4, 0.5) is 4.39 Å². The number of rotatable bonds is 5. The molecule has 0 unspecified atom stereocenters. The molecule has 0 amide bonds. The number of esters is 1. The van der Waals surface area contributed by atoms with Gasteiger partial charge in [-0.3, -0.25) is 4.79 Å². The largest absolute Gasteiger partial charge is 0.466 e. The van der Waals surface area contributed by atoms with Crippen molar-refractivity contribution < 1.29 is 13.9 Å². The second kappa shape index (κ2) is 11.6. The molecule has 2 rings (SSSR count). The van der Waals surface area contributed by atoms with Crippen LogP contribution in [0.5, 0.6) is 0 Å². The van der Waals surface area contributed by atoms with Crippen LogP contribution in [0.3, 0.4) is 0 Å². The Labute approximate surface area is 176 Å². The maximum absolute atomic E-state index is 13.2. The molecule has 0 bridgehead atoms. The number of halogens is 3. The number of carbonyl (C=O) groups excluding carboxylic acids is 1. The Morgan fingerprint density at radius 1 is 1.38 bits per heavy atom. The van der Waals surface area contributed by atoms with Crippen LogP contribution in [0.15, 0.2) is 23.2 Å². The van der Waals surface area contributed by atoms with Gasteiger partial charge in [0.25, 0.3) is 0 Å². The summed E-state index contributed by atoms with van der Waals surface area (Å²) in [6.45, 7) is 6.92. The summed E-state index contributed by atoms with van der Waals surface area (Å²) in [4.78, 5) is 18.6. The minimum absolute atomic E-state index is 0. The van der Waals surface area contributed by atoms with Gasteiger partial charge < -0.3 is 15.0 Å². The lowest BCUT2D eigenvalue weighted by Crippen LogP contribution is -2.46. The van der Waals surface area contributed by atoms with Gasteiger partial charge in [0.1, 0.15) is 5.82 Å². The highest BCUT2D eigenvalue weighted by atomic mass is 127. The number of nitrogens with zero attached hydrogens (tertiary/aromatic N) is 2. The molecule has 5 nitrogen and oxygen atoms in total. The summed E-state index contributed by atoms with van der Waals surface area (Å²) >= 11 is 5.82. The van der Waals surface area contributed by atoms with Crippen molar-refractivity contribution in [2.75, 3.05) is 26.2 Å². The molecule has 1 aliphatic rings. The molecule has 0 spiro atoms. The van der Waals surface area contributed by atoms with Crippen LogP contribution < -0.4 is 5.32 Å². The predicted octanol–water partition coefficient (Wildman–Crippen LogP) is 3.84. The van der Waals surface area contributed by atoms with Crippen LogP contribution in [-0.4, -0.2) is 43.1 Å². The topological polar surface area (TPSA) is 53.9 Å². The van der Waals surface area contributed by atoms with E-state index in [9.17, 15) is 9.18 Å². The lowest BCUT2D eigenvalue weighted by Gasteiger charge is -2.33. The van der Waals surface area contributed by atoms with Gasteiger partial charge in [0.15, 0.2) is 5.96 Å². The van der Waals surface area contributed by atoms with Crippen molar-refractivity contribution in [1.29, 1.82) is 0 Å². The quantitative estimate of drug-likeness (QED) is 0.291. The average Bonchev–Trinajstić information content (AvgIpc) is 2.62. The Balaban J connectivity index is 0.00000338. The van der Waals surface area contributed by atoms with Gasteiger partial charge in [-0.25, -0.2) is 9.38 Å². The van der Waals surface area contributed by atoms with E-state index in [0.29, 0.717) is 13.2 Å². The minimum Gasteiger partial charge on any atom is -0.466 e. The van der Waals surface area contributed by atoms with Gasteiger partial charge in [0, 0.05) is 19.6 Å². The highest BCUT2D eigenvalue weighted by molar-refractivity contribution is 14.0. The lowest BCUT2D eigenvalue weighted by atomic mass is 9.97. The molecule has 1 aromatic rings. The number of guanidine groups is 1. The second-order valence-electron chi connectivity index (χ2n) is 5.93. The summed E-state index contributed by atoms with van der Waals surface area (Å²) in [5, 5.41) is 3.38. The van der Waals surface area contributed by atoms with Crippen LogP contribution in [0, 0.1) is 11.7 Å². The van der Waals surface area contributed by atoms with Crippen LogP contribution in [0.1, 0.15) is 32.3 Å². The van der Waals surface area contributed by atoms with E-state index in [2.05, 4.69) is 15.2 Å². The molecule has 0 atom stereocenters. The standard InChI is InChI=1S/C18H25ClFN3O2.HI/c1-3-21-18(22-12-13-5-6-16(20)15(19)11-13)23-9-7-14(8-10-23)17(24)25-4-2;/h5-6,11,14H,3-4,7-10,12H2,1-2H3,(H,21,22);1H. The number of benzene rings is 1. The number of ether oxygens (including phenoxy) is 1. The number of hydrogen-bond acceptors (Lipinski definition) is 3. The van der Waals surface area contributed by atoms with E-state index in [4.69, 9.17) is 16.3 Å². The molecule has 1 saturated heterocycles. The summed E-state index contributed by atoms with van der Waals surface area (Å²) in [6.07, 6.45) is 1.51. The second-order valence-corrected chi connectivity index (χ2v) is 6.34. The Morgan fingerprint density at radius 2 is 2.08 bits per heavy atom. The third-order valence-corrected chi connectivity index (χ3v) is 4.43. The van der Waals surface area contributed by atoms with Crippen molar-refractivity contribution in [3.8, 4) is 0 Å². The Hall–Kier alpha value is -1.09. The third kappa shape index (κ3) is 6.57. The minimum atomic E-state index is -0.428. The summed E-state index contributed by atoms with van der Waals surface area (Å²) in [5.74, 6) is 0.229. The SMILES string of the molecule is CCNC(=NCc1ccc(F)c(Cl)c1)N1CCC(C(=O)OCC)CC1.I. The fourth-order valence-corrected chi connectivity index (χ4v) is 3.02. The number of hydrogen-bond donors (Lipinski definition) is 1. The third-order valence-electron chi connectivity index (χ3n) is 4.14. The van der Waals surface area contributed by atoms with E-state index < -0.39 is 5.82 Å². The molecule has 0 aromatic heterocycles. The van der Waals surface area contributed by atoms with Crippen LogP contribution >= 0.6 is 35.6 Å². The van der Waals surface area contributed by atoms with E-state index in [1.807, 2.05) is 13.8 Å². The fraction of sp³-hybridized carbons (Fsp3) is 0.556. The molecule has 0 radical (unpaired) electrons. The number of nitrogens with one attached hydrogen (secondary N) is 1. The van der Waals surface area contributed by atoms with Crippen molar-refractivity contribution in [2.45, 2.75) is 33.2 Å². The molecule has 1 heterocycles. The Bertz CT molecular complexity index is 622. The molecule has 26 heavy (non-hydrogen) atoms. The van der Waals surface area contributed by atoms with Crippen molar-refractivity contribution in [3.05, 3.63) is 34.6 Å². The van der Waals surface area contributed by atoms with E-state index in [0.717, 1.165) is 44.0 Å². The summed E-state index contributed by atoms with van der Waals surface area (Å²) in [5.41, 5.74) is 0.850. The van der Waals surface area contributed by atoms with Crippen molar-refractivity contribution in [3.63, 3.8) is 0 Å².